The van der Waals surface area contributed by atoms with Crippen LogP contribution in [0.5, 0.6) is 0 Å². The van der Waals surface area contributed by atoms with E-state index >= 15 is 0 Å². The highest BCUT2D eigenvalue weighted by Crippen LogP contribution is 2.27. The summed E-state index contributed by atoms with van der Waals surface area (Å²) in [5.41, 5.74) is 10.5. The van der Waals surface area contributed by atoms with Gasteiger partial charge in [0.1, 0.15) is 5.84 Å². The minimum absolute atomic E-state index is 0.612. The van der Waals surface area contributed by atoms with Crippen molar-refractivity contribution in [2.24, 2.45) is 10.7 Å². The molecule has 78 valence electrons. The van der Waals surface area contributed by atoms with Crippen molar-refractivity contribution in [3.05, 3.63) is 65.2 Å². The number of nitrogens with two attached hydrogens (primary N) is 1. The third-order valence-electron chi connectivity index (χ3n) is 2.91. The van der Waals surface area contributed by atoms with E-state index in [0.29, 0.717) is 5.84 Å². The standard InChI is InChI=1S/C14H12N2/c15-14-12-7-3-1-5-10(12)9-11-6-2-4-8-13(11)16-14/h1-8H,9H2,(H2,15,16). The van der Waals surface area contributed by atoms with Crippen molar-refractivity contribution in [2.45, 2.75) is 6.42 Å². The highest BCUT2D eigenvalue weighted by Gasteiger charge is 2.13. The van der Waals surface area contributed by atoms with Crippen LogP contribution in [-0.4, -0.2) is 5.84 Å². The van der Waals surface area contributed by atoms with E-state index in [9.17, 15) is 0 Å². The van der Waals surface area contributed by atoms with Crippen LogP contribution in [0.3, 0.4) is 0 Å². The Morgan fingerprint density at radius 3 is 2.44 bits per heavy atom. The lowest BCUT2D eigenvalue weighted by Crippen LogP contribution is -2.13. The molecular weight excluding hydrogens is 196 g/mol. The summed E-state index contributed by atoms with van der Waals surface area (Å²) in [5, 5.41) is 0. The summed E-state index contributed by atoms with van der Waals surface area (Å²) in [6, 6.07) is 16.3. The number of amidine groups is 1. The molecule has 0 amide bonds. The summed E-state index contributed by atoms with van der Waals surface area (Å²) < 4.78 is 0. The normalized spacial score (nSPS) is 13.4. The minimum atomic E-state index is 0.612. The van der Waals surface area contributed by atoms with Gasteiger partial charge in [-0.2, -0.15) is 0 Å². The van der Waals surface area contributed by atoms with Crippen molar-refractivity contribution >= 4 is 11.5 Å². The van der Waals surface area contributed by atoms with Gasteiger partial charge in [-0.3, -0.25) is 0 Å². The summed E-state index contributed by atoms with van der Waals surface area (Å²) >= 11 is 0. The summed E-state index contributed by atoms with van der Waals surface area (Å²) in [6.07, 6.45) is 0.899. The van der Waals surface area contributed by atoms with Crippen LogP contribution in [-0.2, 0) is 6.42 Å². The van der Waals surface area contributed by atoms with E-state index in [4.69, 9.17) is 5.73 Å². The van der Waals surface area contributed by atoms with Gasteiger partial charge in [-0.15, -0.1) is 0 Å². The van der Waals surface area contributed by atoms with Gasteiger partial charge in [0.25, 0.3) is 0 Å². The summed E-state index contributed by atoms with van der Waals surface area (Å²) in [5.74, 6) is 0.612. The Hall–Kier alpha value is -2.09. The van der Waals surface area contributed by atoms with Crippen LogP contribution in [0.2, 0.25) is 0 Å². The van der Waals surface area contributed by atoms with Crippen LogP contribution in [0.4, 0.5) is 5.69 Å². The number of hydrogen-bond acceptors (Lipinski definition) is 2. The molecule has 3 rings (SSSR count). The van der Waals surface area contributed by atoms with E-state index < -0.39 is 0 Å². The third-order valence-corrected chi connectivity index (χ3v) is 2.91. The smallest absolute Gasteiger partial charge is 0.131 e. The Bertz CT molecular complexity index is 570. The number of benzene rings is 2. The van der Waals surface area contributed by atoms with E-state index in [0.717, 1.165) is 17.7 Å². The highest BCUT2D eigenvalue weighted by atomic mass is 14.9. The molecule has 0 spiro atoms. The van der Waals surface area contributed by atoms with Crippen molar-refractivity contribution in [2.75, 3.05) is 0 Å². The molecule has 2 aromatic carbocycles. The van der Waals surface area contributed by atoms with Gasteiger partial charge in [-0.05, 0) is 17.2 Å². The fourth-order valence-electron chi connectivity index (χ4n) is 2.09. The molecule has 1 aliphatic heterocycles. The van der Waals surface area contributed by atoms with Crippen molar-refractivity contribution in [3.8, 4) is 0 Å². The maximum Gasteiger partial charge on any atom is 0.131 e. The molecule has 2 nitrogen and oxygen atoms in total. The number of nitrogens with zero attached hydrogens (tertiary/aromatic N) is 1. The monoisotopic (exact) mass is 208 g/mol. The number of hydrogen-bond donors (Lipinski definition) is 1. The molecule has 0 aromatic heterocycles. The quantitative estimate of drug-likeness (QED) is 0.710. The lowest BCUT2D eigenvalue weighted by Gasteiger charge is -2.04. The van der Waals surface area contributed by atoms with Crippen LogP contribution in [0.1, 0.15) is 16.7 Å². The Morgan fingerprint density at radius 1 is 0.875 bits per heavy atom. The first kappa shape index (κ1) is 9.16. The van der Waals surface area contributed by atoms with E-state index in [2.05, 4.69) is 17.1 Å². The SMILES string of the molecule is NC1=Nc2ccccc2Cc2ccccc21. The van der Waals surface area contributed by atoms with E-state index in [1.165, 1.54) is 11.1 Å². The van der Waals surface area contributed by atoms with Gasteiger partial charge >= 0.3 is 0 Å². The van der Waals surface area contributed by atoms with Crippen LogP contribution in [0, 0.1) is 0 Å². The Labute approximate surface area is 94.4 Å². The van der Waals surface area contributed by atoms with Gasteiger partial charge in [0.2, 0.25) is 0 Å². The van der Waals surface area contributed by atoms with E-state index in [1.54, 1.807) is 0 Å². The molecule has 1 aliphatic rings. The zero-order chi connectivity index (χ0) is 11.0. The second kappa shape index (κ2) is 3.49. The number of fused-ring (bicyclic) bond motifs is 2. The molecule has 16 heavy (non-hydrogen) atoms. The molecule has 0 unspecified atom stereocenters. The molecule has 2 N–H and O–H groups in total. The first-order chi connectivity index (χ1) is 7.84. The summed E-state index contributed by atoms with van der Waals surface area (Å²) in [6.45, 7) is 0. The Kier molecular flexibility index (Phi) is 2.00. The van der Waals surface area contributed by atoms with Gasteiger partial charge in [0, 0.05) is 12.0 Å². The summed E-state index contributed by atoms with van der Waals surface area (Å²) in [4.78, 5) is 4.48. The molecule has 0 atom stereocenters. The Balaban J connectivity index is 2.25. The molecule has 0 saturated carbocycles. The maximum atomic E-state index is 6.01. The maximum absolute atomic E-state index is 6.01. The average molecular weight is 208 g/mol. The molecule has 1 heterocycles. The zero-order valence-electron chi connectivity index (χ0n) is 8.85. The van der Waals surface area contributed by atoms with Gasteiger partial charge < -0.3 is 5.73 Å². The van der Waals surface area contributed by atoms with Crippen LogP contribution < -0.4 is 5.73 Å². The molecule has 0 aliphatic carbocycles. The van der Waals surface area contributed by atoms with Gasteiger partial charge in [-0.25, -0.2) is 4.99 Å². The van der Waals surface area contributed by atoms with Crippen molar-refractivity contribution in [1.82, 2.24) is 0 Å². The molecule has 0 fully saturated rings. The molecule has 0 bridgehead atoms. The molecular formula is C14H12N2. The number of para-hydroxylation sites is 1. The fraction of sp³-hybridized carbons (Fsp3) is 0.0714. The summed E-state index contributed by atoms with van der Waals surface area (Å²) in [7, 11) is 0. The second-order valence-corrected chi connectivity index (χ2v) is 3.96. The van der Waals surface area contributed by atoms with Crippen LogP contribution in [0.15, 0.2) is 53.5 Å². The molecule has 0 saturated heterocycles. The molecule has 2 heteroatoms. The predicted molar refractivity (Wildman–Crippen MR) is 66.1 cm³/mol. The minimum Gasteiger partial charge on any atom is -0.383 e. The van der Waals surface area contributed by atoms with Crippen molar-refractivity contribution in [1.29, 1.82) is 0 Å². The van der Waals surface area contributed by atoms with Crippen molar-refractivity contribution < 1.29 is 0 Å². The highest BCUT2D eigenvalue weighted by molar-refractivity contribution is 6.01. The number of rotatable bonds is 0. The average Bonchev–Trinajstić information content (AvgIpc) is 2.45. The van der Waals surface area contributed by atoms with Crippen LogP contribution in [0.25, 0.3) is 0 Å². The Morgan fingerprint density at radius 2 is 1.56 bits per heavy atom. The first-order valence-corrected chi connectivity index (χ1v) is 5.35. The van der Waals surface area contributed by atoms with Crippen LogP contribution >= 0.6 is 0 Å². The zero-order valence-corrected chi connectivity index (χ0v) is 8.85. The lowest BCUT2D eigenvalue weighted by molar-refractivity contribution is 1.19. The van der Waals surface area contributed by atoms with Gasteiger partial charge in [0.05, 0.1) is 5.69 Å². The molecule has 2 aromatic rings. The number of aliphatic imine (C=N–C) groups is 1. The molecule has 0 radical (unpaired) electrons. The van der Waals surface area contributed by atoms with E-state index in [1.807, 2.05) is 36.4 Å². The fourth-order valence-corrected chi connectivity index (χ4v) is 2.09. The third kappa shape index (κ3) is 1.39. The predicted octanol–water partition coefficient (Wildman–Crippen LogP) is 2.63. The van der Waals surface area contributed by atoms with Gasteiger partial charge in [-0.1, -0.05) is 42.5 Å². The van der Waals surface area contributed by atoms with Gasteiger partial charge in [0.15, 0.2) is 0 Å². The topological polar surface area (TPSA) is 38.4 Å². The second-order valence-electron chi connectivity index (χ2n) is 3.96. The lowest BCUT2D eigenvalue weighted by atomic mass is 10.00. The first-order valence-electron chi connectivity index (χ1n) is 5.35. The largest absolute Gasteiger partial charge is 0.383 e. The van der Waals surface area contributed by atoms with E-state index in [-0.39, 0.29) is 0 Å². The van der Waals surface area contributed by atoms with Crippen molar-refractivity contribution in [3.63, 3.8) is 0 Å².